The molecule has 1 aliphatic heterocycles. The summed E-state index contributed by atoms with van der Waals surface area (Å²) >= 11 is 0. The van der Waals surface area contributed by atoms with Gasteiger partial charge in [-0.05, 0) is 46.5 Å². The molecule has 0 N–H and O–H groups in total. The van der Waals surface area contributed by atoms with Crippen LogP contribution in [-0.4, -0.2) is 39.5 Å². The van der Waals surface area contributed by atoms with Gasteiger partial charge in [0.1, 0.15) is 6.61 Å². The molecule has 10 nitrogen and oxygen atoms in total. The van der Waals surface area contributed by atoms with Crippen LogP contribution in [0.15, 0.2) is 0 Å². The lowest BCUT2D eigenvalue weighted by Gasteiger charge is -2.44. The molecule has 127 valence electrons. The Kier molecular flexibility index (Phi) is 5.52. The molecular formula is C12H22N3O7. The van der Waals surface area contributed by atoms with E-state index in [2.05, 4.69) is 9.68 Å². The third-order valence-corrected chi connectivity index (χ3v) is 4.43. The van der Waals surface area contributed by atoms with E-state index >= 15 is 0 Å². The molecule has 0 amide bonds. The van der Waals surface area contributed by atoms with Gasteiger partial charge in [-0.25, -0.2) is 0 Å². The van der Waals surface area contributed by atoms with Crippen molar-refractivity contribution in [3.8, 4) is 0 Å². The molecule has 1 saturated heterocycles. The first-order chi connectivity index (χ1) is 9.98. The molecule has 10 heteroatoms. The number of rotatable bonds is 6. The lowest BCUT2D eigenvalue weighted by atomic mass is 9.78. The maximum atomic E-state index is 12.6. The predicted molar refractivity (Wildman–Crippen MR) is 72.8 cm³/mol. The van der Waals surface area contributed by atoms with Crippen molar-refractivity contribution in [3.63, 3.8) is 0 Å². The third-order valence-electron chi connectivity index (χ3n) is 4.43. The summed E-state index contributed by atoms with van der Waals surface area (Å²) in [4.78, 5) is 29.8. The maximum Gasteiger partial charge on any atom is 0.294 e. The Morgan fingerprint density at radius 2 is 1.59 bits per heavy atom. The standard InChI is InChI=1S/C12H22N3O7/c1-11(2)6-5-9(7-21-14(17)18)10(8-22-15(19)20)12(3,4)13(11)16/h9-10H,5-8H2,1-4H3. The summed E-state index contributed by atoms with van der Waals surface area (Å²) in [7, 11) is 0. The van der Waals surface area contributed by atoms with Gasteiger partial charge in [-0.1, -0.05) is 0 Å². The Bertz CT molecular complexity index is 427. The Hall–Kier alpha value is -1.68. The van der Waals surface area contributed by atoms with Crippen LogP contribution in [0.5, 0.6) is 0 Å². The van der Waals surface area contributed by atoms with Gasteiger partial charge in [0.2, 0.25) is 0 Å². The summed E-state index contributed by atoms with van der Waals surface area (Å²) in [5, 5.41) is 32.6. The lowest BCUT2D eigenvalue weighted by Crippen LogP contribution is -2.56. The predicted octanol–water partition coefficient (Wildman–Crippen LogP) is 1.63. The Morgan fingerprint density at radius 1 is 1.09 bits per heavy atom. The summed E-state index contributed by atoms with van der Waals surface area (Å²) in [5.74, 6) is -0.962. The van der Waals surface area contributed by atoms with Crippen LogP contribution in [0.25, 0.3) is 0 Å². The van der Waals surface area contributed by atoms with Crippen molar-refractivity contribution >= 4 is 0 Å². The quantitative estimate of drug-likeness (QED) is 0.537. The number of hydrogen-bond acceptors (Lipinski definition) is 7. The zero-order chi connectivity index (χ0) is 17.1. The second-order valence-electron chi connectivity index (χ2n) is 6.70. The molecule has 1 fully saturated rings. The number of hydrogen-bond donors (Lipinski definition) is 0. The fraction of sp³-hybridized carbons (Fsp3) is 1.00. The first-order valence-electron chi connectivity index (χ1n) is 7.00. The molecule has 1 heterocycles. The molecule has 0 bridgehead atoms. The largest absolute Gasteiger partial charge is 0.314 e. The van der Waals surface area contributed by atoms with Crippen LogP contribution in [0, 0.1) is 32.1 Å². The van der Waals surface area contributed by atoms with Crippen molar-refractivity contribution in [1.82, 2.24) is 5.06 Å². The fourth-order valence-electron chi connectivity index (χ4n) is 3.19. The van der Waals surface area contributed by atoms with Crippen LogP contribution in [-0.2, 0) is 14.9 Å². The second kappa shape index (κ2) is 6.61. The van der Waals surface area contributed by atoms with E-state index in [0.29, 0.717) is 12.8 Å². The van der Waals surface area contributed by atoms with Crippen molar-refractivity contribution in [3.05, 3.63) is 20.2 Å². The molecule has 0 saturated carbocycles. The first kappa shape index (κ1) is 18.4. The van der Waals surface area contributed by atoms with Crippen molar-refractivity contribution in [1.29, 1.82) is 0 Å². The molecule has 0 aromatic carbocycles. The minimum absolute atomic E-state index is 0.216. The average Bonchev–Trinajstić information content (AvgIpc) is 2.44. The van der Waals surface area contributed by atoms with Crippen molar-refractivity contribution in [2.45, 2.75) is 51.6 Å². The van der Waals surface area contributed by atoms with Crippen LogP contribution in [0.4, 0.5) is 0 Å². The molecule has 0 aromatic rings. The van der Waals surface area contributed by atoms with E-state index in [-0.39, 0.29) is 13.2 Å². The molecule has 1 radical (unpaired) electrons. The van der Waals surface area contributed by atoms with Gasteiger partial charge in [-0.2, -0.15) is 0 Å². The normalized spacial score (nSPS) is 27.7. The van der Waals surface area contributed by atoms with Gasteiger partial charge in [0.25, 0.3) is 10.2 Å². The summed E-state index contributed by atoms with van der Waals surface area (Å²) in [6.45, 7) is 6.38. The van der Waals surface area contributed by atoms with Gasteiger partial charge in [0.05, 0.1) is 6.61 Å². The summed E-state index contributed by atoms with van der Waals surface area (Å²) in [6.07, 6.45) is 0.982. The number of nitrogens with zero attached hydrogens (tertiary/aromatic N) is 3. The van der Waals surface area contributed by atoms with Crippen LogP contribution >= 0.6 is 0 Å². The molecule has 1 rings (SSSR count). The Morgan fingerprint density at radius 3 is 2.09 bits per heavy atom. The summed E-state index contributed by atoms with van der Waals surface area (Å²) in [5.41, 5.74) is -1.67. The van der Waals surface area contributed by atoms with E-state index in [9.17, 15) is 25.4 Å². The topological polar surface area (TPSA) is 128 Å². The van der Waals surface area contributed by atoms with Gasteiger partial charge in [-0.15, -0.1) is 30.5 Å². The van der Waals surface area contributed by atoms with Crippen LogP contribution < -0.4 is 0 Å². The highest BCUT2D eigenvalue weighted by atomic mass is 17.0. The van der Waals surface area contributed by atoms with Gasteiger partial charge in [0, 0.05) is 17.0 Å². The van der Waals surface area contributed by atoms with Gasteiger partial charge in [-0.3, -0.25) is 0 Å². The highest BCUT2D eigenvalue weighted by Crippen LogP contribution is 2.42. The molecule has 22 heavy (non-hydrogen) atoms. The number of hydroxylamine groups is 2. The van der Waals surface area contributed by atoms with Crippen LogP contribution in [0.1, 0.15) is 40.5 Å². The summed E-state index contributed by atoms with van der Waals surface area (Å²) in [6, 6.07) is 0. The van der Waals surface area contributed by atoms with E-state index in [1.165, 1.54) is 0 Å². The molecule has 0 aromatic heterocycles. The average molecular weight is 320 g/mol. The Balaban J connectivity index is 3.04. The van der Waals surface area contributed by atoms with Crippen molar-refractivity contribution in [2.75, 3.05) is 13.2 Å². The smallest absolute Gasteiger partial charge is 0.294 e. The molecule has 2 atom stereocenters. The van der Waals surface area contributed by atoms with Crippen LogP contribution in [0.3, 0.4) is 0 Å². The molecule has 2 unspecified atom stereocenters. The minimum atomic E-state index is -0.985. The second-order valence-corrected chi connectivity index (χ2v) is 6.70. The molecular weight excluding hydrogens is 298 g/mol. The lowest BCUT2D eigenvalue weighted by molar-refractivity contribution is -0.764. The van der Waals surface area contributed by atoms with E-state index in [1.807, 2.05) is 0 Å². The van der Waals surface area contributed by atoms with E-state index in [1.54, 1.807) is 27.7 Å². The zero-order valence-corrected chi connectivity index (χ0v) is 13.2. The summed E-state index contributed by atoms with van der Waals surface area (Å²) < 4.78 is 0. The van der Waals surface area contributed by atoms with Crippen molar-refractivity contribution < 1.29 is 25.1 Å². The first-order valence-corrected chi connectivity index (χ1v) is 7.00. The zero-order valence-electron chi connectivity index (χ0n) is 13.2. The highest BCUT2D eigenvalue weighted by Gasteiger charge is 2.49. The highest BCUT2D eigenvalue weighted by molar-refractivity contribution is 4.98. The fourth-order valence-corrected chi connectivity index (χ4v) is 3.19. The monoisotopic (exact) mass is 320 g/mol. The van der Waals surface area contributed by atoms with Gasteiger partial charge < -0.3 is 9.68 Å². The molecule has 0 aliphatic carbocycles. The van der Waals surface area contributed by atoms with Gasteiger partial charge in [0.15, 0.2) is 0 Å². The van der Waals surface area contributed by atoms with E-state index in [4.69, 9.17) is 0 Å². The van der Waals surface area contributed by atoms with Gasteiger partial charge >= 0.3 is 0 Å². The molecule has 0 spiro atoms. The molecule has 1 aliphatic rings. The van der Waals surface area contributed by atoms with Crippen molar-refractivity contribution in [2.24, 2.45) is 11.8 Å². The minimum Gasteiger partial charge on any atom is -0.314 e. The van der Waals surface area contributed by atoms with Crippen LogP contribution in [0.2, 0.25) is 0 Å². The Labute approximate surface area is 128 Å². The van der Waals surface area contributed by atoms with E-state index < -0.39 is 33.1 Å². The maximum absolute atomic E-state index is 12.6. The SMILES string of the molecule is CC1(C)CCC(CO[N+](=O)[O-])C(CO[N+](=O)[O-])C(C)(C)N1[O]. The third kappa shape index (κ3) is 4.17. The van der Waals surface area contributed by atoms with E-state index in [0.717, 1.165) is 5.06 Å².